The highest BCUT2D eigenvalue weighted by Gasteiger charge is 2.38. The Morgan fingerprint density at radius 3 is 2.65 bits per heavy atom. The van der Waals surface area contributed by atoms with Crippen molar-refractivity contribution in [2.75, 3.05) is 13.1 Å². The molecule has 1 fully saturated rings. The molecule has 0 aromatic heterocycles. The van der Waals surface area contributed by atoms with Crippen LogP contribution < -0.4 is 0 Å². The number of nitrogens with zero attached hydrogens (tertiary/aromatic N) is 2. The van der Waals surface area contributed by atoms with E-state index in [-0.39, 0.29) is 24.7 Å². The molecule has 2 aliphatic rings. The molecule has 0 saturated carbocycles. The van der Waals surface area contributed by atoms with E-state index in [4.69, 9.17) is 9.47 Å². The summed E-state index contributed by atoms with van der Waals surface area (Å²) in [7, 11) is 0. The van der Waals surface area contributed by atoms with Gasteiger partial charge in [-0.05, 0) is 51.8 Å². The number of cyclic esters (lactones) is 1. The van der Waals surface area contributed by atoms with Crippen molar-refractivity contribution in [1.29, 1.82) is 0 Å². The zero-order valence-electron chi connectivity index (χ0n) is 15.9. The SMILES string of the molecule is Cc1c(C2CN(C(=O)OC(C)(C)C)C[C@H](C)N2O)ccc2c1COC2=O. The minimum atomic E-state index is -0.576. The van der Waals surface area contributed by atoms with Gasteiger partial charge in [0.2, 0.25) is 0 Å². The average Bonchev–Trinajstić information content (AvgIpc) is 2.91. The second-order valence-corrected chi connectivity index (χ2v) is 8.01. The number of carbonyl (C=O) groups is 2. The fourth-order valence-corrected chi connectivity index (χ4v) is 3.52. The maximum absolute atomic E-state index is 12.5. The number of piperazine rings is 1. The molecule has 0 radical (unpaired) electrons. The van der Waals surface area contributed by atoms with E-state index in [0.717, 1.165) is 16.7 Å². The lowest BCUT2D eigenvalue weighted by Crippen LogP contribution is -2.54. The number of amides is 1. The molecule has 1 aromatic carbocycles. The summed E-state index contributed by atoms with van der Waals surface area (Å²) in [6.07, 6.45) is -0.389. The second kappa shape index (κ2) is 6.55. The van der Waals surface area contributed by atoms with Crippen LogP contribution in [0.1, 0.15) is 60.8 Å². The average molecular weight is 362 g/mol. The smallest absolute Gasteiger partial charge is 0.410 e. The molecule has 142 valence electrons. The van der Waals surface area contributed by atoms with Gasteiger partial charge >= 0.3 is 12.1 Å². The zero-order valence-corrected chi connectivity index (χ0v) is 15.9. The Kier molecular flexibility index (Phi) is 4.71. The van der Waals surface area contributed by atoms with Gasteiger partial charge in [0.05, 0.1) is 17.6 Å². The van der Waals surface area contributed by atoms with Gasteiger partial charge in [0.1, 0.15) is 12.2 Å². The molecule has 2 heterocycles. The molecule has 7 nitrogen and oxygen atoms in total. The van der Waals surface area contributed by atoms with Crippen LogP contribution in [0.2, 0.25) is 0 Å². The van der Waals surface area contributed by atoms with Gasteiger partial charge in [0.25, 0.3) is 0 Å². The fourth-order valence-electron chi connectivity index (χ4n) is 3.52. The third-order valence-electron chi connectivity index (χ3n) is 4.87. The molecule has 0 bridgehead atoms. The predicted molar refractivity (Wildman–Crippen MR) is 93.9 cm³/mol. The van der Waals surface area contributed by atoms with Crippen LogP contribution in [0.5, 0.6) is 0 Å². The van der Waals surface area contributed by atoms with E-state index >= 15 is 0 Å². The molecule has 1 unspecified atom stereocenters. The Morgan fingerprint density at radius 1 is 1.31 bits per heavy atom. The van der Waals surface area contributed by atoms with Gasteiger partial charge in [-0.3, -0.25) is 0 Å². The van der Waals surface area contributed by atoms with Gasteiger partial charge in [0.15, 0.2) is 0 Å². The molecule has 0 spiro atoms. The quantitative estimate of drug-likeness (QED) is 0.774. The maximum atomic E-state index is 12.5. The Balaban J connectivity index is 1.89. The number of rotatable bonds is 1. The highest BCUT2D eigenvalue weighted by atomic mass is 16.6. The van der Waals surface area contributed by atoms with Crippen molar-refractivity contribution in [3.8, 4) is 0 Å². The zero-order chi connectivity index (χ0) is 19.2. The van der Waals surface area contributed by atoms with Gasteiger partial charge in [-0.15, -0.1) is 0 Å². The maximum Gasteiger partial charge on any atom is 0.410 e. The first-order chi connectivity index (χ1) is 12.1. The highest BCUT2D eigenvalue weighted by molar-refractivity contribution is 5.94. The van der Waals surface area contributed by atoms with Gasteiger partial charge in [-0.25, -0.2) is 9.59 Å². The number of hydrogen-bond donors (Lipinski definition) is 1. The number of benzene rings is 1. The summed E-state index contributed by atoms with van der Waals surface area (Å²) in [4.78, 5) is 25.9. The first kappa shape index (κ1) is 18.7. The lowest BCUT2D eigenvalue weighted by atomic mass is 9.92. The van der Waals surface area contributed by atoms with Crippen LogP contribution in [0.4, 0.5) is 4.79 Å². The summed E-state index contributed by atoms with van der Waals surface area (Å²) < 4.78 is 10.6. The van der Waals surface area contributed by atoms with E-state index in [0.29, 0.717) is 18.7 Å². The van der Waals surface area contributed by atoms with Crippen LogP contribution in [-0.4, -0.2) is 52.0 Å². The van der Waals surface area contributed by atoms with Crippen molar-refractivity contribution in [3.05, 3.63) is 34.4 Å². The minimum absolute atomic E-state index is 0.244. The standard InChI is InChI=1S/C19H26N2O5/c1-11-8-20(18(23)26-19(3,4)5)9-16(21(11)24)13-6-7-14-15(12(13)2)10-25-17(14)22/h6-7,11,16,24H,8-10H2,1-5H3/t11-,16?/m0/s1. The first-order valence-corrected chi connectivity index (χ1v) is 8.83. The van der Waals surface area contributed by atoms with Crippen LogP contribution in [0.25, 0.3) is 0 Å². The number of hydroxylamine groups is 2. The molecule has 3 rings (SSSR count). The Hall–Kier alpha value is -2.12. The summed E-state index contributed by atoms with van der Waals surface area (Å²) in [5.41, 5.74) is 2.64. The van der Waals surface area contributed by atoms with Crippen molar-refractivity contribution < 1.29 is 24.3 Å². The first-order valence-electron chi connectivity index (χ1n) is 8.83. The monoisotopic (exact) mass is 362 g/mol. The van der Waals surface area contributed by atoms with Gasteiger partial charge < -0.3 is 19.6 Å². The van der Waals surface area contributed by atoms with E-state index in [1.54, 1.807) is 11.0 Å². The summed E-state index contributed by atoms with van der Waals surface area (Å²) >= 11 is 0. The number of esters is 1. The van der Waals surface area contributed by atoms with Crippen molar-refractivity contribution in [3.63, 3.8) is 0 Å². The van der Waals surface area contributed by atoms with Gasteiger partial charge in [-0.2, -0.15) is 5.06 Å². The molecular formula is C19H26N2O5. The highest BCUT2D eigenvalue weighted by Crippen LogP contribution is 2.34. The summed E-state index contributed by atoms with van der Waals surface area (Å²) in [6.45, 7) is 10.2. The topological polar surface area (TPSA) is 79.3 Å². The van der Waals surface area contributed by atoms with Crippen molar-refractivity contribution >= 4 is 12.1 Å². The fraction of sp³-hybridized carbons (Fsp3) is 0.579. The van der Waals surface area contributed by atoms with Gasteiger partial charge in [0, 0.05) is 18.7 Å². The molecule has 1 N–H and O–H groups in total. The van der Waals surface area contributed by atoms with Gasteiger partial charge in [-0.1, -0.05) is 6.07 Å². The van der Waals surface area contributed by atoms with Crippen LogP contribution in [0, 0.1) is 6.92 Å². The molecule has 0 aliphatic carbocycles. The van der Waals surface area contributed by atoms with Crippen LogP contribution in [0.3, 0.4) is 0 Å². The Bertz CT molecular complexity index is 740. The summed E-state index contributed by atoms with van der Waals surface area (Å²) in [5.74, 6) is -0.317. The van der Waals surface area contributed by atoms with Crippen LogP contribution >= 0.6 is 0 Å². The van der Waals surface area contributed by atoms with Crippen LogP contribution in [0.15, 0.2) is 12.1 Å². The molecule has 1 saturated heterocycles. The molecule has 1 aromatic rings. The second-order valence-electron chi connectivity index (χ2n) is 8.01. The van der Waals surface area contributed by atoms with Crippen LogP contribution in [-0.2, 0) is 16.1 Å². The third-order valence-corrected chi connectivity index (χ3v) is 4.87. The van der Waals surface area contributed by atoms with E-state index < -0.39 is 11.6 Å². The number of ether oxygens (including phenoxy) is 2. The number of hydrogen-bond acceptors (Lipinski definition) is 6. The van der Waals surface area contributed by atoms with Crippen molar-refractivity contribution in [2.24, 2.45) is 0 Å². The molecule has 2 atom stereocenters. The van der Waals surface area contributed by atoms with E-state index in [1.165, 1.54) is 5.06 Å². The molecule has 2 aliphatic heterocycles. The number of fused-ring (bicyclic) bond motifs is 1. The van der Waals surface area contributed by atoms with E-state index in [2.05, 4.69) is 0 Å². The molecule has 7 heteroatoms. The molecule has 1 amide bonds. The lowest BCUT2D eigenvalue weighted by molar-refractivity contribution is -0.185. The molecule has 26 heavy (non-hydrogen) atoms. The Morgan fingerprint density at radius 2 is 2.00 bits per heavy atom. The van der Waals surface area contributed by atoms with Crippen molar-refractivity contribution in [2.45, 2.75) is 58.9 Å². The largest absolute Gasteiger partial charge is 0.457 e. The minimum Gasteiger partial charge on any atom is -0.457 e. The normalized spacial score (nSPS) is 23.6. The Labute approximate surface area is 153 Å². The van der Waals surface area contributed by atoms with E-state index in [9.17, 15) is 14.8 Å². The lowest BCUT2D eigenvalue weighted by Gasteiger charge is -2.43. The van der Waals surface area contributed by atoms with E-state index in [1.807, 2.05) is 40.7 Å². The molecular weight excluding hydrogens is 336 g/mol. The summed E-state index contributed by atoms with van der Waals surface area (Å²) in [5, 5.41) is 11.9. The predicted octanol–water partition coefficient (Wildman–Crippen LogP) is 3.04. The number of carbonyl (C=O) groups excluding carboxylic acids is 2. The van der Waals surface area contributed by atoms with Crippen molar-refractivity contribution in [1.82, 2.24) is 9.96 Å². The summed E-state index contributed by atoms with van der Waals surface area (Å²) in [6, 6.07) is 2.93. The third kappa shape index (κ3) is 3.41.